The van der Waals surface area contributed by atoms with Crippen molar-refractivity contribution in [2.45, 2.75) is 19.8 Å². The monoisotopic (exact) mass is 224 g/mol. The number of carboxylic acids is 1. The minimum Gasteiger partial charge on any atom is -0.496 e. The summed E-state index contributed by atoms with van der Waals surface area (Å²) in [5.41, 5.74) is 1.88. The van der Waals surface area contributed by atoms with Crippen LogP contribution >= 0.6 is 0 Å². The number of aliphatic hydroxyl groups is 1. The van der Waals surface area contributed by atoms with Gasteiger partial charge in [0.2, 0.25) is 0 Å². The minimum absolute atomic E-state index is 0.0828. The Morgan fingerprint density at radius 3 is 2.62 bits per heavy atom. The van der Waals surface area contributed by atoms with Crippen LogP contribution in [0.25, 0.3) is 0 Å². The fraction of sp³-hybridized carbons (Fsp3) is 0.417. The zero-order valence-electron chi connectivity index (χ0n) is 9.49. The second-order valence-corrected chi connectivity index (χ2v) is 3.64. The van der Waals surface area contributed by atoms with E-state index in [9.17, 15) is 4.79 Å². The second-order valence-electron chi connectivity index (χ2n) is 3.64. The van der Waals surface area contributed by atoms with Gasteiger partial charge in [0.05, 0.1) is 7.11 Å². The number of hydrogen-bond acceptors (Lipinski definition) is 3. The first-order valence-corrected chi connectivity index (χ1v) is 5.11. The van der Waals surface area contributed by atoms with Gasteiger partial charge in [-0.25, -0.2) is 4.79 Å². The van der Waals surface area contributed by atoms with Crippen molar-refractivity contribution in [1.29, 1.82) is 0 Å². The smallest absolute Gasteiger partial charge is 0.339 e. The first-order valence-electron chi connectivity index (χ1n) is 5.11. The van der Waals surface area contributed by atoms with Gasteiger partial charge in [0.25, 0.3) is 0 Å². The molecule has 0 unspecified atom stereocenters. The van der Waals surface area contributed by atoms with Gasteiger partial charge >= 0.3 is 5.97 Å². The van der Waals surface area contributed by atoms with E-state index in [2.05, 4.69) is 0 Å². The van der Waals surface area contributed by atoms with Crippen molar-refractivity contribution >= 4 is 5.97 Å². The Labute approximate surface area is 94.5 Å². The van der Waals surface area contributed by atoms with Crippen molar-refractivity contribution in [3.8, 4) is 5.75 Å². The van der Waals surface area contributed by atoms with E-state index in [4.69, 9.17) is 14.9 Å². The number of hydrogen-bond donors (Lipinski definition) is 2. The quantitative estimate of drug-likeness (QED) is 0.797. The van der Waals surface area contributed by atoms with Crippen LogP contribution in [0.1, 0.15) is 27.9 Å². The van der Waals surface area contributed by atoms with E-state index in [1.165, 1.54) is 7.11 Å². The summed E-state index contributed by atoms with van der Waals surface area (Å²) in [6.07, 6.45) is 1.21. The van der Waals surface area contributed by atoms with E-state index in [0.717, 1.165) is 11.1 Å². The maximum absolute atomic E-state index is 11.0. The molecule has 0 saturated heterocycles. The summed E-state index contributed by atoms with van der Waals surface area (Å²) in [6, 6.07) is 3.48. The van der Waals surface area contributed by atoms with Crippen molar-refractivity contribution in [1.82, 2.24) is 0 Å². The Morgan fingerprint density at radius 1 is 1.44 bits per heavy atom. The van der Waals surface area contributed by atoms with Crippen molar-refractivity contribution in [2.75, 3.05) is 13.7 Å². The lowest BCUT2D eigenvalue weighted by Crippen LogP contribution is -2.05. The van der Waals surface area contributed by atoms with Crippen LogP contribution in [-0.2, 0) is 6.42 Å². The minimum atomic E-state index is -0.995. The lowest BCUT2D eigenvalue weighted by atomic mass is 10.0. The van der Waals surface area contributed by atoms with Crippen LogP contribution in [0, 0.1) is 6.92 Å². The van der Waals surface area contributed by atoms with Crippen molar-refractivity contribution in [3.05, 3.63) is 28.8 Å². The maximum atomic E-state index is 11.0. The molecule has 0 amide bonds. The Bertz CT molecular complexity index is 385. The highest BCUT2D eigenvalue weighted by Gasteiger charge is 2.15. The molecule has 0 radical (unpaired) electrons. The number of carbonyl (C=O) groups is 1. The third-order valence-corrected chi connectivity index (χ3v) is 2.35. The van der Waals surface area contributed by atoms with Gasteiger partial charge in [-0.15, -0.1) is 0 Å². The number of benzene rings is 1. The first kappa shape index (κ1) is 12.5. The molecule has 4 nitrogen and oxygen atoms in total. The molecule has 0 bridgehead atoms. The highest BCUT2D eigenvalue weighted by molar-refractivity contribution is 5.91. The lowest BCUT2D eigenvalue weighted by molar-refractivity contribution is 0.0693. The Balaban J connectivity index is 3.19. The van der Waals surface area contributed by atoms with Crippen molar-refractivity contribution < 1.29 is 19.7 Å². The molecule has 0 atom stereocenters. The molecule has 0 spiro atoms. The van der Waals surface area contributed by atoms with Crippen LogP contribution in [-0.4, -0.2) is 29.9 Å². The van der Waals surface area contributed by atoms with E-state index in [1.54, 1.807) is 6.07 Å². The molecule has 0 heterocycles. The molecule has 2 N–H and O–H groups in total. The first-order chi connectivity index (χ1) is 7.60. The molecule has 0 aliphatic carbocycles. The number of aryl methyl sites for hydroxylation is 2. The van der Waals surface area contributed by atoms with E-state index in [0.29, 0.717) is 18.6 Å². The topological polar surface area (TPSA) is 66.8 Å². The fourth-order valence-electron chi connectivity index (χ4n) is 1.70. The van der Waals surface area contributed by atoms with Crippen LogP contribution in [0.4, 0.5) is 0 Å². The third-order valence-electron chi connectivity index (χ3n) is 2.35. The van der Waals surface area contributed by atoms with Crippen molar-refractivity contribution in [2.24, 2.45) is 0 Å². The lowest BCUT2D eigenvalue weighted by Gasteiger charge is -2.12. The number of carboxylic acid groups (broad SMARTS) is 1. The van der Waals surface area contributed by atoms with E-state index in [-0.39, 0.29) is 12.2 Å². The standard InChI is InChI=1S/C12H16O4/c1-8-6-9(4-3-5-13)11(16-2)10(7-8)12(14)15/h6-7,13H,3-5H2,1-2H3,(H,14,15). The summed E-state index contributed by atoms with van der Waals surface area (Å²) in [5, 5.41) is 17.8. The van der Waals surface area contributed by atoms with E-state index >= 15 is 0 Å². The molecule has 1 aromatic carbocycles. The Morgan fingerprint density at radius 2 is 2.12 bits per heavy atom. The van der Waals surface area contributed by atoms with Gasteiger partial charge in [-0.3, -0.25) is 0 Å². The molecule has 16 heavy (non-hydrogen) atoms. The normalized spacial score (nSPS) is 10.2. The predicted molar refractivity (Wildman–Crippen MR) is 60.1 cm³/mol. The average Bonchev–Trinajstić information content (AvgIpc) is 2.25. The van der Waals surface area contributed by atoms with E-state index < -0.39 is 5.97 Å². The predicted octanol–water partition coefficient (Wildman–Crippen LogP) is 1.63. The van der Waals surface area contributed by atoms with Gasteiger partial charge in [-0.05, 0) is 37.0 Å². The zero-order valence-corrected chi connectivity index (χ0v) is 9.49. The number of rotatable bonds is 5. The summed E-state index contributed by atoms with van der Waals surface area (Å²) >= 11 is 0. The van der Waals surface area contributed by atoms with Gasteiger partial charge in [0, 0.05) is 6.61 Å². The molecule has 0 aromatic heterocycles. The molecule has 0 saturated carbocycles. The second kappa shape index (κ2) is 5.51. The van der Waals surface area contributed by atoms with Crippen LogP contribution in [0.15, 0.2) is 12.1 Å². The number of aromatic carboxylic acids is 1. The third kappa shape index (κ3) is 2.73. The SMILES string of the molecule is COc1c(CCCO)cc(C)cc1C(=O)O. The summed E-state index contributed by atoms with van der Waals surface area (Å²) in [5.74, 6) is -0.600. The van der Waals surface area contributed by atoms with E-state index in [1.807, 2.05) is 13.0 Å². The van der Waals surface area contributed by atoms with Gasteiger partial charge < -0.3 is 14.9 Å². The number of methoxy groups -OCH3 is 1. The summed E-state index contributed by atoms with van der Waals surface area (Å²) < 4.78 is 5.13. The summed E-state index contributed by atoms with van der Waals surface area (Å²) in [4.78, 5) is 11.0. The number of aliphatic hydroxyl groups excluding tert-OH is 1. The molecule has 0 fully saturated rings. The molecular formula is C12H16O4. The fourth-order valence-corrected chi connectivity index (χ4v) is 1.70. The highest BCUT2D eigenvalue weighted by Crippen LogP contribution is 2.26. The maximum Gasteiger partial charge on any atom is 0.339 e. The van der Waals surface area contributed by atoms with Gasteiger partial charge in [-0.1, -0.05) is 6.07 Å². The largest absolute Gasteiger partial charge is 0.496 e. The molecular weight excluding hydrogens is 208 g/mol. The number of ether oxygens (including phenoxy) is 1. The Hall–Kier alpha value is -1.55. The summed E-state index contributed by atoms with van der Waals surface area (Å²) in [7, 11) is 1.46. The Kier molecular flexibility index (Phi) is 4.31. The average molecular weight is 224 g/mol. The van der Waals surface area contributed by atoms with Crippen molar-refractivity contribution in [3.63, 3.8) is 0 Å². The molecule has 1 rings (SSSR count). The molecule has 1 aromatic rings. The van der Waals surface area contributed by atoms with Crippen LogP contribution < -0.4 is 4.74 Å². The zero-order chi connectivity index (χ0) is 12.1. The van der Waals surface area contributed by atoms with Crippen LogP contribution in [0.3, 0.4) is 0 Å². The van der Waals surface area contributed by atoms with Gasteiger partial charge in [0.15, 0.2) is 0 Å². The molecule has 88 valence electrons. The van der Waals surface area contributed by atoms with Gasteiger partial charge in [-0.2, -0.15) is 0 Å². The summed E-state index contributed by atoms with van der Waals surface area (Å²) in [6.45, 7) is 1.92. The highest BCUT2D eigenvalue weighted by atomic mass is 16.5. The van der Waals surface area contributed by atoms with Gasteiger partial charge in [0.1, 0.15) is 11.3 Å². The van der Waals surface area contributed by atoms with Crippen LogP contribution in [0.2, 0.25) is 0 Å². The molecule has 4 heteroatoms. The van der Waals surface area contributed by atoms with Crippen LogP contribution in [0.5, 0.6) is 5.75 Å². The molecule has 0 aliphatic rings. The molecule has 0 aliphatic heterocycles.